The van der Waals surface area contributed by atoms with Crippen LogP contribution < -0.4 is 11.1 Å². The van der Waals surface area contributed by atoms with Gasteiger partial charge in [-0.25, -0.2) is 0 Å². The fourth-order valence-electron chi connectivity index (χ4n) is 2.33. The molecular weight excluding hydrogens is 280 g/mol. The van der Waals surface area contributed by atoms with Crippen molar-refractivity contribution in [1.82, 2.24) is 5.32 Å². The van der Waals surface area contributed by atoms with Gasteiger partial charge in [-0.15, -0.1) is 0 Å². The van der Waals surface area contributed by atoms with Gasteiger partial charge < -0.3 is 11.1 Å². The van der Waals surface area contributed by atoms with Crippen molar-refractivity contribution in [2.45, 2.75) is 25.7 Å². The van der Waals surface area contributed by atoms with E-state index in [1.165, 1.54) is 5.39 Å². The normalized spacial score (nSPS) is 10.5. The summed E-state index contributed by atoms with van der Waals surface area (Å²) >= 11 is 4.82. The monoisotopic (exact) mass is 300 g/mol. The largest absolute Gasteiger partial charge is 0.393 e. The number of nitrogens with one attached hydrogen (secondary N) is 1. The first kappa shape index (κ1) is 15.4. The molecule has 2 aromatic rings. The van der Waals surface area contributed by atoms with Crippen LogP contribution in [0.2, 0.25) is 0 Å². The van der Waals surface area contributed by atoms with Crippen LogP contribution in [0, 0.1) is 0 Å². The number of carbonyl (C=O) groups is 1. The SMILES string of the molecule is NC(=S)CCCCNC(=O)Cc1cccc2ccccc12. The van der Waals surface area contributed by atoms with Crippen molar-refractivity contribution < 1.29 is 4.79 Å². The molecule has 0 aliphatic carbocycles. The van der Waals surface area contributed by atoms with Crippen molar-refractivity contribution in [3.05, 3.63) is 48.0 Å². The Morgan fingerprint density at radius 3 is 2.67 bits per heavy atom. The van der Waals surface area contributed by atoms with E-state index in [1.54, 1.807) is 0 Å². The number of benzene rings is 2. The van der Waals surface area contributed by atoms with Crippen molar-refractivity contribution in [1.29, 1.82) is 0 Å². The molecule has 110 valence electrons. The number of amides is 1. The third-order valence-electron chi connectivity index (χ3n) is 3.40. The maximum absolute atomic E-state index is 12.0. The van der Waals surface area contributed by atoms with Crippen LogP contribution in [0.4, 0.5) is 0 Å². The molecule has 0 spiro atoms. The van der Waals surface area contributed by atoms with Gasteiger partial charge in [-0.3, -0.25) is 4.79 Å². The Morgan fingerprint density at radius 2 is 1.86 bits per heavy atom. The maximum atomic E-state index is 12.0. The Labute approximate surface area is 130 Å². The summed E-state index contributed by atoms with van der Waals surface area (Å²) in [7, 11) is 0. The zero-order chi connectivity index (χ0) is 15.1. The number of fused-ring (bicyclic) bond motifs is 1. The molecule has 1 amide bonds. The Bertz CT molecular complexity index is 634. The van der Waals surface area contributed by atoms with Gasteiger partial charge >= 0.3 is 0 Å². The molecule has 21 heavy (non-hydrogen) atoms. The van der Waals surface area contributed by atoms with Gasteiger partial charge in [0, 0.05) is 6.54 Å². The molecule has 0 saturated carbocycles. The van der Waals surface area contributed by atoms with Crippen LogP contribution in [0.5, 0.6) is 0 Å². The minimum Gasteiger partial charge on any atom is -0.393 e. The van der Waals surface area contributed by atoms with E-state index in [1.807, 2.05) is 24.3 Å². The van der Waals surface area contributed by atoms with Gasteiger partial charge in [0.25, 0.3) is 0 Å². The number of thiocarbonyl (C=S) groups is 1. The minimum absolute atomic E-state index is 0.0571. The Morgan fingerprint density at radius 1 is 1.10 bits per heavy atom. The summed E-state index contributed by atoms with van der Waals surface area (Å²) in [5.41, 5.74) is 6.50. The molecule has 3 nitrogen and oxygen atoms in total. The third kappa shape index (κ3) is 4.83. The summed E-state index contributed by atoms with van der Waals surface area (Å²) in [5.74, 6) is 0.0571. The molecule has 0 unspecified atom stereocenters. The predicted octanol–water partition coefficient (Wildman–Crippen LogP) is 2.95. The molecule has 2 aromatic carbocycles. The van der Waals surface area contributed by atoms with E-state index in [9.17, 15) is 4.79 Å². The van der Waals surface area contributed by atoms with Crippen molar-refractivity contribution in [2.24, 2.45) is 5.73 Å². The average Bonchev–Trinajstić information content (AvgIpc) is 2.47. The summed E-state index contributed by atoms with van der Waals surface area (Å²) < 4.78 is 0. The van der Waals surface area contributed by atoms with Crippen LogP contribution in [0.15, 0.2) is 42.5 Å². The molecule has 0 heterocycles. The molecule has 0 aliphatic rings. The highest BCUT2D eigenvalue weighted by Crippen LogP contribution is 2.18. The summed E-state index contributed by atoms with van der Waals surface area (Å²) in [6, 6.07) is 14.2. The van der Waals surface area contributed by atoms with Crippen LogP contribution >= 0.6 is 12.2 Å². The first-order valence-electron chi connectivity index (χ1n) is 7.18. The fourth-order valence-corrected chi connectivity index (χ4v) is 2.48. The predicted molar refractivity (Wildman–Crippen MR) is 91.3 cm³/mol. The van der Waals surface area contributed by atoms with Gasteiger partial charge in [-0.05, 0) is 35.6 Å². The zero-order valence-electron chi connectivity index (χ0n) is 12.0. The Kier molecular flexibility index (Phi) is 5.69. The molecule has 0 bridgehead atoms. The average molecular weight is 300 g/mol. The molecule has 3 N–H and O–H groups in total. The van der Waals surface area contributed by atoms with Crippen LogP contribution in [0.1, 0.15) is 24.8 Å². The lowest BCUT2D eigenvalue weighted by molar-refractivity contribution is -0.120. The lowest BCUT2D eigenvalue weighted by Gasteiger charge is -2.08. The zero-order valence-corrected chi connectivity index (χ0v) is 12.8. The van der Waals surface area contributed by atoms with Crippen LogP contribution in [-0.2, 0) is 11.2 Å². The van der Waals surface area contributed by atoms with E-state index in [4.69, 9.17) is 18.0 Å². The van der Waals surface area contributed by atoms with Crippen LogP contribution in [0.3, 0.4) is 0 Å². The molecular formula is C17H20N2OS. The Balaban J connectivity index is 1.86. The van der Waals surface area contributed by atoms with Crippen LogP contribution in [-0.4, -0.2) is 17.4 Å². The highest BCUT2D eigenvalue weighted by molar-refractivity contribution is 7.80. The summed E-state index contributed by atoms with van der Waals surface area (Å²) in [5, 5.41) is 5.25. The van der Waals surface area contributed by atoms with Gasteiger partial charge in [-0.2, -0.15) is 0 Å². The quantitative estimate of drug-likeness (QED) is 0.610. The van der Waals surface area contributed by atoms with Crippen molar-refractivity contribution >= 4 is 33.9 Å². The van der Waals surface area contributed by atoms with E-state index in [0.717, 1.165) is 30.2 Å². The van der Waals surface area contributed by atoms with E-state index in [2.05, 4.69) is 23.5 Å². The molecule has 2 rings (SSSR count). The van der Waals surface area contributed by atoms with Gasteiger partial charge in [0.15, 0.2) is 0 Å². The first-order valence-corrected chi connectivity index (χ1v) is 7.59. The third-order valence-corrected chi connectivity index (χ3v) is 3.61. The van der Waals surface area contributed by atoms with Gasteiger partial charge in [0.2, 0.25) is 5.91 Å². The summed E-state index contributed by atoms with van der Waals surface area (Å²) in [4.78, 5) is 12.5. The summed E-state index contributed by atoms with van der Waals surface area (Å²) in [6.07, 6.45) is 2.98. The molecule has 4 heteroatoms. The van der Waals surface area contributed by atoms with Gasteiger partial charge in [-0.1, -0.05) is 54.7 Å². The van der Waals surface area contributed by atoms with Gasteiger partial charge in [0.1, 0.15) is 0 Å². The second kappa shape index (κ2) is 7.74. The van der Waals surface area contributed by atoms with E-state index < -0.39 is 0 Å². The highest BCUT2D eigenvalue weighted by Gasteiger charge is 2.06. The van der Waals surface area contributed by atoms with Crippen molar-refractivity contribution in [3.63, 3.8) is 0 Å². The Hall–Kier alpha value is -1.94. The number of hydrogen-bond donors (Lipinski definition) is 2. The molecule has 0 fully saturated rings. The van der Waals surface area contributed by atoms with Crippen molar-refractivity contribution in [3.8, 4) is 0 Å². The lowest BCUT2D eigenvalue weighted by atomic mass is 10.0. The molecule has 0 aliphatic heterocycles. The number of carbonyl (C=O) groups excluding carboxylic acids is 1. The molecule has 0 saturated heterocycles. The molecule has 0 radical (unpaired) electrons. The number of rotatable bonds is 7. The lowest BCUT2D eigenvalue weighted by Crippen LogP contribution is -2.26. The molecule has 0 aromatic heterocycles. The second-order valence-electron chi connectivity index (χ2n) is 5.09. The number of unbranched alkanes of at least 4 members (excludes halogenated alkanes) is 1. The number of hydrogen-bond acceptors (Lipinski definition) is 2. The smallest absolute Gasteiger partial charge is 0.224 e. The summed E-state index contributed by atoms with van der Waals surface area (Å²) in [6.45, 7) is 0.673. The van der Waals surface area contributed by atoms with Crippen LogP contribution in [0.25, 0.3) is 10.8 Å². The van der Waals surface area contributed by atoms with E-state index in [0.29, 0.717) is 18.0 Å². The topological polar surface area (TPSA) is 55.1 Å². The van der Waals surface area contributed by atoms with Crippen molar-refractivity contribution in [2.75, 3.05) is 6.54 Å². The fraction of sp³-hybridized carbons (Fsp3) is 0.294. The van der Waals surface area contributed by atoms with E-state index >= 15 is 0 Å². The number of nitrogens with two attached hydrogens (primary N) is 1. The van der Waals surface area contributed by atoms with Gasteiger partial charge in [0.05, 0.1) is 11.4 Å². The highest BCUT2D eigenvalue weighted by atomic mass is 32.1. The minimum atomic E-state index is 0.0571. The second-order valence-corrected chi connectivity index (χ2v) is 5.61. The maximum Gasteiger partial charge on any atom is 0.224 e. The molecule has 0 atom stereocenters. The first-order chi connectivity index (χ1) is 10.2. The standard InChI is InChI=1S/C17H20N2OS/c18-16(21)10-3-4-11-19-17(20)12-14-8-5-7-13-6-1-2-9-15(13)14/h1-2,5-9H,3-4,10-12H2,(H2,18,21)(H,19,20). The van der Waals surface area contributed by atoms with E-state index in [-0.39, 0.29) is 5.91 Å².